The number of rotatable bonds is 8. The lowest BCUT2D eigenvalue weighted by Crippen LogP contribution is -2.36. The average molecular weight is 387 g/mol. The Labute approximate surface area is 161 Å². The zero-order valence-electron chi connectivity index (χ0n) is 15.4. The summed E-state index contributed by atoms with van der Waals surface area (Å²) < 4.78 is 27.8. The van der Waals surface area contributed by atoms with Crippen LogP contribution in [0, 0.1) is 0 Å². The standard InChI is InChI=1S/C21H26N2O3S/c24-20(11-8-18-5-4-14-22-16-18)15-17-9-12-21(13-10-17)27(25,26)23-19-6-2-1-3-7-19/h4-5,9-10,12-14,16,19,23H,1-3,6-8,11,15H2. The molecule has 1 N–H and O–H groups in total. The Bertz CT molecular complexity index is 843. The van der Waals surface area contributed by atoms with E-state index in [2.05, 4.69) is 9.71 Å². The summed E-state index contributed by atoms with van der Waals surface area (Å²) in [6.07, 6.45) is 10.1. The molecular weight excluding hydrogens is 360 g/mol. The molecule has 1 aliphatic carbocycles. The highest BCUT2D eigenvalue weighted by atomic mass is 32.2. The third-order valence-corrected chi connectivity index (χ3v) is 6.51. The Morgan fingerprint density at radius 1 is 1.04 bits per heavy atom. The molecule has 6 heteroatoms. The monoisotopic (exact) mass is 386 g/mol. The predicted molar refractivity (Wildman–Crippen MR) is 105 cm³/mol. The zero-order valence-corrected chi connectivity index (χ0v) is 16.2. The molecule has 2 aromatic rings. The van der Waals surface area contributed by atoms with Crippen LogP contribution in [0.3, 0.4) is 0 Å². The number of Topliss-reactive ketones (excluding diaryl/α,β-unsaturated/α-hetero) is 1. The summed E-state index contributed by atoms with van der Waals surface area (Å²) in [4.78, 5) is 16.5. The molecule has 3 rings (SSSR count). The number of sulfonamides is 1. The van der Waals surface area contributed by atoms with Crippen LogP contribution in [0.1, 0.15) is 49.7 Å². The van der Waals surface area contributed by atoms with Gasteiger partial charge in [-0.3, -0.25) is 9.78 Å². The third kappa shape index (κ3) is 5.97. The maximum Gasteiger partial charge on any atom is 0.240 e. The molecule has 0 unspecified atom stereocenters. The van der Waals surface area contributed by atoms with Crippen molar-refractivity contribution in [3.8, 4) is 0 Å². The number of benzene rings is 1. The molecule has 27 heavy (non-hydrogen) atoms. The minimum atomic E-state index is -3.49. The molecule has 0 radical (unpaired) electrons. The maximum absolute atomic E-state index is 12.5. The molecule has 1 heterocycles. The SMILES string of the molecule is O=C(CCc1cccnc1)Cc1ccc(S(=O)(=O)NC2CCCCC2)cc1. The van der Waals surface area contributed by atoms with E-state index in [-0.39, 0.29) is 16.7 Å². The first-order valence-electron chi connectivity index (χ1n) is 9.55. The van der Waals surface area contributed by atoms with E-state index in [9.17, 15) is 13.2 Å². The first kappa shape index (κ1) is 19.7. The number of ketones is 1. The smallest absolute Gasteiger partial charge is 0.240 e. The summed E-state index contributed by atoms with van der Waals surface area (Å²) >= 11 is 0. The number of carbonyl (C=O) groups is 1. The lowest BCUT2D eigenvalue weighted by atomic mass is 9.96. The van der Waals surface area contributed by atoms with Crippen molar-refractivity contribution >= 4 is 15.8 Å². The summed E-state index contributed by atoms with van der Waals surface area (Å²) in [5.41, 5.74) is 1.88. The minimum absolute atomic E-state index is 0.0393. The summed E-state index contributed by atoms with van der Waals surface area (Å²) in [6, 6.07) is 10.5. The summed E-state index contributed by atoms with van der Waals surface area (Å²) in [5.74, 6) is 0.134. The van der Waals surface area contributed by atoms with E-state index in [1.54, 1.807) is 36.7 Å². The van der Waals surface area contributed by atoms with Crippen LogP contribution >= 0.6 is 0 Å². The number of hydrogen-bond acceptors (Lipinski definition) is 4. The normalized spacial score (nSPS) is 15.6. The molecule has 0 bridgehead atoms. The molecule has 0 atom stereocenters. The van der Waals surface area contributed by atoms with E-state index in [1.165, 1.54) is 6.42 Å². The number of nitrogens with zero attached hydrogens (tertiary/aromatic N) is 1. The second-order valence-electron chi connectivity index (χ2n) is 7.18. The van der Waals surface area contributed by atoms with Crippen LogP contribution in [0.15, 0.2) is 53.7 Å². The van der Waals surface area contributed by atoms with Gasteiger partial charge in [0.2, 0.25) is 10.0 Å². The largest absolute Gasteiger partial charge is 0.299 e. The Morgan fingerprint density at radius 2 is 1.78 bits per heavy atom. The second-order valence-corrected chi connectivity index (χ2v) is 8.89. The third-order valence-electron chi connectivity index (χ3n) is 4.98. The fourth-order valence-electron chi connectivity index (χ4n) is 3.44. The van der Waals surface area contributed by atoms with Crippen LogP contribution in [0.5, 0.6) is 0 Å². The number of pyridine rings is 1. The van der Waals surface area contributed by atoms with Gasteiger partial charge in [-0.2, -0.15) is 0 Å². The van der Waals surface area contributed by atoms with Crippen LogP contribution < -0.4 is 4.72 Å². The number of carbonyl (C=O) groups excluding carboxylic acids is 1. The van der Waals surface area contributed by atoms with Crippen molar-refractivity contribution in [3.63, 3.8) is 0 Å². The van der Waals surface area contributed by atoms with Gasteiger partial charge in [-0.15, -0.1) is 0 Å². The van der Waals surface area contributed by atoms with E-state index >= 15 is 0 Å². The number of aromatic nitrogens is 1. The van der Waals surface area contributed by atoms with Gasteiger partial charge in [0.15, 0.2) is 0 Å². The van der Waals surface area contributed by atoms with Gasteiger partial charge in [0.25, 0.3) is 0 Å². The Kier molecular flexibility index (Phi) is 6.74. The Balaban J connectivity index is 1.53. The van der Waals surface area contributed by atoms with Crippen molar-refractivity contribution in [2.75, 3.05) is 0 Å². The molecular formula is C21H26N2O3S. The average Bonchev–Trinajstić information content (AvgIpc) is 2.68. The van der Waals surface area contributed by atoms with Crippen molar-refractivity contribution in [1.82, 2.24) is 9.71 Å². The second kappa shape index (κ2) is 9.24. The van der Waals surface area contributed by atoms with Crippen LogP contribution in [0.25, 0.3) is 0 Å². The van der Waals surface area contributed by atoms with Crippen molar-refractivity contribution in [2.24, 2.45) is 0 Å². The van der Waals surface area contributed by atoms with Gasteiger partial charge in [0.1, 0.15) is 5.78 Å². The first-order chi connectivity index (χ1) is 13.0. The number of hydrogen-bond donors (Lipinski definition) is 1. The summed E-state index contributed by atoms with van der Waals surface area (Å²) in [6.45, 7) is 0. The van der Waals surface area contributed by atoms with E-state index in [0.29, 0.717) is 19.3 Å². The predicted octanol–water partition coefficient (Wildman–Crippen LogP) is 3.44. The van der Waals surface area contributed by atoms with E-state index < -0.39 is 10.0 Å². The topological polar surface area (TPSA) is 76.1 Å². The fourth-order valence-corrected chi connectivity index (χ4v) is 4.75. The highest BCUT2D eigenvalue weighted by molar-refractivity contribution is 7.89. The van der Waals surface area contributed by atoms with E-state index in [4.69, 9.17) is 0 Å². The fraction of sp³-hybridized carbons (Fsp3) is 0.429. The molecule has 1 aromatic carbocycles. The van der Waals surface area contributed by atoms with Gasteiger partial charge in [-0.1, -0.05) is 37.5 Å². The minimum Gasteiger partial charge on any atom is -0.299 e. The highest BCUT2D eigenvalue weighted by Gasteiger charge is 2.21. The van der Waals surface area contributed by atoms with Crippen LogP contribution in [0.4, 0.5) is 0 Å². The van der Waals surface area contributed by atoms with E-state index in [1.807, 2.05) is 12.1 Å². The molecule has 1 fully saturated rings. The van der Waals surface area contributed by atoms with Crippen molar-refractivity contribution in [1.29, 1.82) is 0 Å². The Hall–Kier alpha value is -2.05. The van der Waals surface area contributed by atoms with Crippen molar-refractivity contribution in [3.05, 3.63) is 59.9 Å². The first-order valence-corrected chi connectivity index (χ1v) is 11.0. The van der Waals surface area contributed by atoms with Crippen LogP contribution in [0.2, 0.25) is 0 Å². The molecule has 0 spiro atoms. The van der Waals surface area contributed by atoms with Gasteiger partial charge in [0, 0.05) is 31.3 Å². The number of aryl methyl sites for hydroxylation is 1. The maximum atomic E-state index is 12.5. The summed E-state index contributed by atoms with van der Waals surface area (Å²) in [5, 5.41) is 0. The van der Waals surface area contributed by atoms with Crippen molar-refractivity contribution in [2.45, 2.75) is 62.3 Å². The molecule has 1 saturated carbocycles. The lowest BCUT2D eigenvalue weighted by Gasteiger charge is -2.22. The molecule has 144 valence electrons. The number of nitrogens with one attached hydrogen (secondary N) is 1. The molecule has 0 aliphatic heterocycles. The van der Waals surface area contributed by atoms with Gasteiger partial charge in [-0.05, 0) is 48.6 Å². The lowest BCUT2D eigenvalue weighted by molar-refractivity contribution is -0.118. The highest BCUT2D eigenvalue weighted by Crippen LogP contribution is 2.20. The molecule has 0 amide bonds. The molecule has 1 aliphatic rings. The van der Waals surface area contributed by atoms with Crippen molar-refractivity contribution < 1.29 is 13.2 Å². The molecule has 1 aromatic heterocycles. The molecule has 5 nitrogen and oxygen atoms in total. The quantitative estimate of drug-likeness (QED) is 0.754. The van der Waals surface area contributed by atoms with Gasteiger partial charge >= 0.3 is 0 Å². The van der Waals surface area contributed by atoms with Gasteiger partial charge in [-0.25, -0.2) is 13.1 Å². The molecule has 0 saturated heterocycles. The van der Waals surface area contributed by atoms with Crippen LogP contribution in [-0.2, 0) is 27.7 Å². The van der Waals surface area contributed by atoms with Crippen LogP contribution in [-0.4, -0.2) is 25.2 Å². The van der Waals surface area contributed by atoms with Gasteiger partial charge < -0.3 is 0 Å². The van der Waals surface area contributed by atoms with E-state index in [0.717, 1.165) is 36.8 Å². The summed E-state index contributed by atoms with van der Waals surface area (Å²) in [7, 11) is -3.49. The Morgan fingerprint density at radius 3 is 2.44 bits per heavy atom. The zero-order chi connectivity index (χ0) is 19.1. The van der Waals surface area contributed by atoms with Gasteiger partial charge in [0.05, 0.1) is 4.90 Å².